The first-order valence-corrected chi connectivity index (χ1v) is 15.2. The van der Waals surface area contributed by atoms with Gasteiger partial charge in [0, 0.05) is 16.5 Å². The Bertz CT molecular complexity index is 2200. The molecule has 0 saturated heterocycles. The molecule has 2 aliphatic rings. The standard InChI is InChI=1S/C36H26F2N2O9/c1-2-36(49-32(42)19-46-25-9-5-23(38)6-10-25)28-15-30-33-21(16-40(30)34(43)27(28)17-47-35(36)44)13-20-14-26(11-12-29(20)39-33)48-31(41)18-45-24-7-3-22(37)4-8-24/h3-15H,2,16-19H2,1H3/t36-/m0/s1. The fourth-order valence-corrected chi connectivity index (χ4v) is 5.92. The van der Waals surface area contributed by atoms with E-state index in [2.05, 4.69) is 0 Å². The maximum Gasteiger partial charge on any atom is 0.355 e. The van der Waals surface area contributed by atoms with Crippen LogP contribution in [0.2, 0.25) is 0 Å². The zero-order chi connectivity index (χ0) is 34.3. The van der Waals surface area contributed by atoms with Gasteiger partial charge in [0.15, 0.2) is 13.2 Å². The van der Waals surface area contributed by atoms with E-state index < -0.39 is 53.9 Å². The highest BCUT2D eigenvalue weighted by Crippen LogP contribution is 2.41. The van der Waals surface area contributed by atoms with Crippen molar-refractivity contribution in [2.75, 3.05) is 13.2 Å². The lowest BCUT2D eigenvalue weighted by atomic mass is 9.85. The van der Waals surface area contributed by atoms with Gasteiger partial charge in [0.05, 0.1) is 29.0 Å². The van der Waals surface area contributed by atoms with Crippen molar-refractivity contribution in [3.63, 3.8) is 0 Å². The number of hydrogen-bond acceptors (Lipinski definition) is 10. The number of carbonyl (C=O) groups is 3. The molecule has 0 bridgehead atoms. The molecule has 7 rings (SSSR count). The number of rotatable bonds is 9. The lowest BCUT2D eigenvalue weighted by Gasteiger charge is -2.35. The average molecular weight is 669 g/mol. The molecule has 11 nitrogen and oxygen atoms in total. The van der Waals surface area contributed by atoms with E-state index in [1.165, 1.54) is 53.1 Å². The molecule has 3 aromatic carbocycles. The number of cyclic esters (lactones) is 1. The Morgan fingerprint density at radius 2 is 1.49 bits per heavy atom. The van der Waals surface area contributed by atoms with Crippen molar-refractivity contribution < 1.29 is 46.8 Å². The molecule has 0 N–H and O–H groups in total. The van der Waals surface area contributed by atoms with Gasteiger partial charge in [-0.15, -0.1) is 0 Å². The molecule has 49 heavy (non-hydrogen) atoms. The highest BCUT2D eigenvalue weighted by atomic mass is 19.1. The lowest BCUT2D eigenvalue weighted by Crippen LogP contribution is -2.48. The summed E-state index contributed by atoms with van der Waals surface area (Å²) in [6.07, 6.45) is -0.0293. The molecule has 0 amide bonds. The molecule has 0 spiro atoms. The van der Waals surface area contributed by atoms with Crippen molar-refractivity contribution in [3.8, 4) is 28.6 Å². The third kappa shape index (κ3) is 5.94. The van der Waals surface area contributed by atoms with Crippen molar-refractivity contribution in [2.24, 2.45) is 0 Å². The Kier molecular flexibility index (Phi) is 8.02. The zero-order valence-electron chi connectivity index (χ0n) is 25.9. The molecule has 0 radical (unpaired) electrons. The van der Waals surface area contributed by atoms with Crippen LogP contribution in [-0.4, -0.2) is 40.7 Å². The van der Waals surface area contributed by atoms with Crippen LogP contribution >= 0.6 is 0 Å². The maximum absolute atomic E-state index is 13.8. The second kappa shape index (κ2) is 12.5. The number of esters is 3. The molecule has 1 atom stereocenters. The van der Waals surface area contributed by atoms with Crippen LogP contribution in [0.3, 0.4) is 0 Å². The topological polar surface area (TPSA) is 132 Å². The third-order valence-electron chi connectivity index (χ3n) is 8.31. The van der Waals surface area contributed by atoms with Gasteiger partial charge in [-0.1, -0.05) is 6.92 Å². The summed E-state index contributed by atoms with van der Waals surface area (Å²) >= 11 is 0. The molecule has 248 valence electrons. The second-order valence-corrected chi connectivity index (χ2v) is 11.4. The zero-order valence-corrected chi connectivity index (χ0v) is 25.9. The number of carbonyl (C=O) groups excluding carboxylic acids is 3. The normalized spacial score (nSPS) is 15.9. The fourth-order valence-electron chi connectivity index (χ4n) is 5.92. The number of hydrogen-bond donors (Lipinski definition) is 0. The first kappa shape index (κ1) is 31.5. The molecule has 0 saturated carbocycles. The van der Waals surface area contributed by atoms with Gasteiger partial charge >= 0.3 is 17.9 Å². The van der Waals surface area contributed by atoms with Gasteiger partial charge in [0.2, 0.25) is 5.60 Å². The van der Waals surface area contributed by atoms with E-state index in [9.17, 15) is 28.0 Å². The minimum atomic E-state index is -1.91. The van der Waals surface area contributed by atoms with Crippen molar-refractivity contribution in [3.05, 3.63) is 118 Å². The van der Waals surface area contributed by atoms with Crippen LogP contribution in [0, 0.1) is 11.6 Å². The summed E-state index contributed by atoms with van der Waals surface area (Å²) in [7, 11) is 0. The first-order valence-electron chi connectivity index (χ1n) is 15.2. The van der Waals surface area contributed by atoms with Crippen molar-refractivity contribution in [2.45, 2.75) is 32.1 Å². The number of fused-ring (bicyclic) bond motifs is 5. The number of pyridine rings is 2. The number of benzene rings is 3. The second-order valence-electron chi connectivity index (χ2n) is 11.4. The predicted octanol–water partition coefficient (Wildman–Crippen LogP) is 4.97. The molecule has 2 aromatic heterocycles. The average Bonchev–Trinajstić information content (AvgIpc) is 3.45. The van der Waals surface area contributed by atoms with Gasteiger partial charge in [-0.3, -0.25) is 4.79 Å². The van der Waals surface area contributed by atoms with E-state index in [1.807, 2.05) is 6.07 Å². The van der Waals surface area contributed by atoms with Crippen molar-refractivity contribution in [1.29, 1.82) is 0 Å². The van der Waals surface area contributed by atoms with Crippen LogP contribution in [0.1, 0.15) is 30.0 Å². The SMILES string of the molecule is CC[C@@]1(OC(=O)COc2ccc(F)cc2)C(=O)OCc2c1cc1n(c2=O)Cc2cc3cc(OC(=O)COc4ccc(F)cc4)ccc3nc2-1. The molecule has 5 aromatic rings. The van der Waals surface area contributed by atoms with Crippen LogP contribution in [0.5, 0.6) is 17.2 Å². The van der Waals surface area contributed by atoms with Gasteiger partial charge in [-0.2, -0.15) is 0 Å². The lowest BCUT2D eigenvalue weighted by molar-refractivity contribution is -0.190. The van der Waals surface area contributed by atoms with Gasteiger partial charge < -0.3 is 28.3 Å². The van der Waals surface area contributed by atoms with Crippen LogP contribution in [0.25, 0.3) is 22.3 Å². The van der Waals surface area contributed by atoms with Gasteiger partial charge in [0.1, 0.15) is 35.5 Å². The summed E-state index contributed by atoms with van der Waals surface area (Å²) in [5.41, 5.74) is 0.225. The van der Waals surface area contributed by atoms with E-state index in [-0.39, 0.29) is 42.2 Å². The van der Waals surface area contributed by atoms with Crippen LogP contribution in [0.4, 0.5) is 8.78 Å². The summed E-state index contributed by atoms with van der Waals surface area (Å²) in [4.78, 5) is 57.2. The van der Waals surface area contributed by atoms with Crippen LogP contribution in [-0.2, 0) is 42.6 Å². The molecule has 13 heteroatoms. The quantitative estimate of drug-likeness (QED) is 0.154. The monoisotopic (exact) mass is 668 g/mol. The van der Waals surface area contributed by atoms with Crippen LogP contribution < -0.4 is 19.8 Å². The number of aromatic nitrogens is 2. The highest BCUT2D eigenvalue weighted by molar-refractivity contribution is 5.89. The summed E-state index contributed by atoms with van der Waals surface area (Å²) < 4.78 is 55.2. The third-order valence-corrected chi connectivity index (χ3v) is 8.31. The smallest absolute Gasteiger partial charge is 0.355 e. The number of ether oxygens (including phenoxy) is 5. The van der Waals surface area contributed by atoms with E-state index in [4.69, 9.17) is 28.7 Å². The molecule has 4 heterocycles. The van der Waals surface area contributed by atoms with E-state index in [0.29, 0.717) is 33.6 Å². The van der Waals surface area contributed by atoms with E-state index >= 15 is 0 Å². The van der Waals surface area contributed by atoms with Crippen molar-refractivity contribution in [1.82, 2.24) is 9.55 Å². The number of halogens is 2. The molecule has 0 aliphatic carbocycles. The Balaban J connectivity index is 1.14. The van der Waals surface area contributed by atoms with Gasteiger partial charge in [-0.25, -0.2) is 28.1 Å². The summed E-state index contributed by atoms with van der Waals surface area (Å²) in [5, 5.41) is 0.644. The van der Waals surface area contributed by atoms with E-state index in [0.717, 1.165) is 0 Å². The Morgan fingerprint density at radius 1 is 0.857 bits per heavy atom. The minimum Gasteiger partial charge on any atom is -0.482 e. The van der Waals surface area contributed by atoms with Crippen molar-refractivity contribution >= 4 is 28.8 Å². The molecule has 0 unspecified atom stereocenters. The molecular formula is C36H26F2N2O9. The molecule has 0 fully saturated rings. The Labute approximate surface area is 276 Å². The van der Waals surface area contributed by atoms with Gasteiger partial charge in [-0.05, 0) is 85.3 Å². The van der Waals surface area contributed by atoms with Gasteiger partial charge in [0.25, 0.3) is 5.56 Å². The molecular weight excluding hydrogens is 642 g/mol. The first-order chi connectivity index (χ1) is 23.6. The Morgan fingerprint density at radius 3 is 2.14 bits per heavy atom. The van der Waals surface area contributed by atoms with E-state index in [1.54, 1.807) is 31.2 Å². The predicted molar refractivity (Wildman–Crippen MR) is 168 cm³/mol. The number of nitrogens with zero attached hydrogens (tertiary/aromatic N) is 2. The summed E-state index contributed by atoms with van der Waals surface area (Å²) in [6.45, 7) is 0.540. The molecule has 2 aliphatic heterocycles. The highest BCUT2D eigenvalue weighted by Gasteiger charge is 2.50. The summed E-state index contributed by atoms with van der Waals surface area (Å²) in [5.74, 6) is -2.49. The maximum atomic E-state index is 13.8. The summed E-state index contributed by atoms with van der Waals surface area (Å²) in [6, 6.07) is 18.6. The fraction of sp³-hybridized carbons (Fsp3) is 0.194. The minimum absolute atomic E-state index is 0.0293. The largest absolute Gasteiger partial charge is 0.482 e. The van der Waals surface area contributed by atoms with Crippen LogP contribution in [0.15, 0.2) is 83.7 Å². The Hall–Kier alpha value is -6.11.